The van der Waals surface area contributed by atoms with Crippen molar-refractivity contribution in [3.05, 3.63) is 30.0 Å². The van der Waals surface area contributed by atoms with Crippen LogP contribution in [-0.4, -0.2) is 23.5 Å². The zero-order valence-electron chi connectivity index (χ0n) is 9.99. The van der Waals surface area contributed by atoms with Crippen molar-refractivity contribution in [3.8, 4) is 0 Å². The van der Waals surface area contributed by atoms with Crippen molar-refractivity contribution >= 4 is 15.8 Å². The number of hydrogen-bond acceptors (Lipinski definition) is 8. The monoisotopic (exact) mass is 284 g/mol. The van der Waals surface area contributed by atoms with Crippen molar-refractivity contribution < 1.29 is 12.9 Å². The van der Waals surface area contributed by atoms with Gasteiger partial charge in [-0.1, -0.05) is 5.16 Å². The summed E-state index contributed by atoms with van der Waals surface area (Å²) in [5, 5.41) is 3.59. The lowest BCUT2D eigenvalue weighted by molar-refractivity contribution is 0.387. The Morgan fingerprint density at radius 1 is 1.47 bits per heavy atom. The summed E-state index contributed by atoms with van der Waals surface area (Å²) in [5.41, 5.74) is 2.22. The highest BCUT2D eigenvalue weighted by molar-refractivity contribution is 7.89. The van der Waals surface area contributed by atoms with Gasteiger partial charge in [-0.3, -0.25) is 0 Å². The molecule has 0 aliphatic rings. The van der Waals surface area contributed by atoms with Crippen LogP contribution < -0.4 is 16.0 Å². The number of sulfonamides is 1. The number of nitrogens with zero attached hydrogens (tertiary/aromatic N) is 3. The molecule has 0 aromatic carbocycles. The van der Waals surface area contributed by atoms with E-state index in [1.54, 1.807) is 6.92 Å². The summed E-state index contributed by atoms with van der Waals surface area (Å²) in [6, 6.07) is 2.87. The maximum absolute atomic E-state index is 12.1. The van der Waals surface area contributed by atoms with Crippen LogP contribution in [0.25, 0.3) is 0 Å². The first-order valence-electron chi connectivity index (χ1n) is 5.23. The summed E-state index contributed by atoms with van der Waals surface area (Å²) >= 11 is 0. The zero-order chi connectivity index (χ0) is 13.9. The molecule has 0 radical (unpaired) electrons. The molecule has 0 unspecified atom stereocenters. The summed E-state index contributed by atoms with van der Waals surface area (Å²) in [6.45, 7) is 1.53. The normalized spacial score (nSPS) is 11.5. The second-order valence-corrected chi connectivity index (χ2v) is 5.28. The smallest absolute Gasteiger partial charge is 0.244 e. The number of nitrogen functional groups attached to an aromatic ring is 1. The second kappa shape index (κ2) is 5.30. The van der Waals surface area contributed by atoms with E-state index in [4.69, 9.17) is 10.4 Å². The summed E-state index contributed by atoms with van der Waals surface area (Å²) in [5.74, 6) is 5.87. The van der Waals surface area contributed by atoms with Gasteiger partial charge in [-0.05, 0) is 12.1 Å². The van der Waals surface area contributed by atoms with Crippen LogP contribution in [0, 0.1) is 6.92 Å². The van der Waals surface area contributed by atoms with Gasteiger partial charge < -0.3 is 9.95 Å². The number of aryl methyl sites for hydroxylation is 1. The van der Waals surface area contributed by atoms with Crippen LogP contribution in [-0.2, 0) is 16.6 Å². The van der Waals surface area contributed by atoms with E-state index in [2.05, 4.69) is 25.3 Å². The molecule has 0 aliphatic carbocycles. The minimum Gasteiger partial charge on any atom is -0.340 e. The van der Waals surface area contributed by atoms with Gasteiger partial charge in [-0.25, -0.2) is 24.0 Å². The van der Waals surface area contributed by atoms with E-state index in [1.165, 1.54) is 18.3 Å². The lowest BCUT2D eigenvalue weighted by Gasteiger charge is -2.08. The summed E-state index contributed by atoms with van der Waals surface area (Å²) in [4.78, 5) is 7.65. The molecular weight excluding hydrogens is 272 g/mol. The molecule has 0 aliphatic heterocycles. The third-order valence-corrected chi connectivity index (χ3v) is 3.62. The van der Waals surface area contributed by atoms with Crippen LogP contribution in [0.15, 0.2) is 27.7 Å². The van der Waals surface area contributed by atoms with Crippen LogP contribution >= 0.6 is 0 Å². The fourth-order valence-corrected chi connectivity index (χ4v) is 2.46. The van der Waals surface area contributed by atoms with Crippen molar-refractivity contribution in [1.82, 2.24) is 19.8 Å². The molecule has 102 valence electrons. The predicted octanol–water partition coefficient (Wildman–Crippen LogP) is -0.463. The van der Waals surface area contributed by atoms with Crippen LogP contribution in [0.3, 0.4) is 0 Å². The lowest BCUT2D eigenvalue weighted by atomic mass is 10.5. The molecule has 2 aromatic rings. The lowest BCUT2D eigenvalue weighted by Crippen LogP contribution is -2.26. The first-order chi connectivity index (χ1) is 9.03. The van der Waals surface area contributed by atoms with E-state index in [-0.39, 0.29) is 23.1 Å². The van der Waals surface area contributed by atoms with Crippen molar-refractivity contribution in [2.75, 3.05) is 5.43 Å². The molecule has 0 spiro atoms. The van der Waals surface area contributed by atoms with E-state index in [0.29, 0.717) is 5.89 Å². The van der Waals surface area contributed by atoms with Crippen molar-refractivity contribution in [1.29, 1.82) is 0 Å². The van der Waals surface area contributed by atoms with Crippen molar-refractivity contribution in [2.24, 2.45) is 5.84 Å². The molecule has 19 heavy (non-hydrogen) atoms. The Kier molecular flexibility index (Phi) is 3.74. The van der Waals surface area contributed by atoms with E-state index >= 15 is 0 Å². The minimum absolute atomic E-state index is 0.0549. The zero-order valence-corrected chi connectivity index (χ0v) is 10.8. The predicted molar refractivity (Wildman–Crippen MR) is 65.1 cm³/mol. The molecule has 0 bridgehead atoms. The minimum atomic E-state index is -3.77. The Labute approximate surface area is 109 Å². The number of rotatable bonds is 5. The first kappa shape index (κ1) is 13.4. The van der Waals surface area contributed by atoms with E-state index in [0.717, 1.165) is 0 Å². The van der Waals surface area contributed by atoms with Gasteiger partial charge >= 0.3 is 0 Å². The summed E-state index contributed by atoms with van der Waals surface area (Å²) < 4.78 is 31.2. The molecule has 4 N–H and O–H groups in total. The molecule has 0 fully saturated rings. The third-order valence-electron chi connectivity index (χ3n) is 2.19. The second-order valence-electron chi connectivity index (χ2n) is 3.55. The van der Waals surface area contributed by atoms with Crippen LogP contribution in [0.1, 0.15) is 11.7 Å². The molecule has 10 heteroatoms. The highest BCUT2D eigenvalue weighted by Crippen LogP contribution is 2.16. The van der Waals surface area contributed by atoms with Gasteiger partial charge in [0.2, 0.25) is 15.9 Å². The number of hydrogen-bond donors (Lipinski definition) is 3. The van der Waals surface area contributed by atoms with Gasteiger partial charge in [0.15, 0.2) is 11.6 Å². The molecular formula is C9H12N6O3S. The van der Waals surface area contributed by atoms with Gasteiger partial charge in [-0.2, -0.15) is 4.98 Å². The fraction of sp³-hybridized carbons (Fsp3) is 0.222. The molecule has 9 nitrogen and oxygen atoms in total. The molecule has 0 saturated carbocycles. The van der Waals surface area contributed by atoms with Gasteiger partial charge in [0.25, 0.3) is 0 Å². The number of nitrogens with one attached hydrogen (secondary N) is 2. The molecule has 2 rings (SSSR count). The topological polar surface area (TPSA) is 136 Å². The summed E-state index contributed by atoms with van der Waals surface area (Å²) in [6.07, 6.45) is 1.43. The Bertz CT molecular complexity index is 668. The molecule has 0 atom stereocenters. The highest BCUT2D eigenvalue weighted by atomic mass is 32.2. The van der Waals surface area contributed by atoms with Gasteiger partial charge in [0.1, 0.15) is 4.90 Å². The fourth-order valence-electron chi connectivity index (χ4n) is 1.37. The maximum atomic E-state index is 12.1. The average Bonchev–Trinajstić information content (AvgIpc) is 2.82. The number of aromatic nitrogens is 3. The van der Waals surface area contributed by atoms with Crippen LogP contribution in [0.5, 0.6) is 0 Å². The Balaban J connectivity index is 2.18. The van der Waals surface area contributed by atoms with Crippen molar-refractivity contribution in [3.63, 3.8) is 0 Å². The standard InChI is InChI=1S/C9H12N6O3S/c1-6-13-8(15-18-6)5-12-19(16,17)7-3-2-4-11-9(7)14-10/h2-4,12H,5,10H2,1H3,(H,11,14). The maximum Gasteiger partial charge on any atom is 0.244 e. The van der Waals surface area contributed by atoms with E-state index in [1.807, 2.05) is 0 Å². The number of hydrazine groups is 1. The van der Waals surface area contributed by atoms with E-state index < -0.39 is 10.0 Å². The first-order valence-corrected chi connectivity index (χ1v) is 6.72. The van der Waals surface area contributed by atoms with Gasteiger partial charge in [0.05, 0.1) is 6.54 Å². The molecule has 0 saturated heterocycles. The van der Waals surface area contributed by atoms with Crippen LogP contribution in [0.2, 0.25) is 0 Å². The number of pyridine rings is 1. The molecule has 2 heterocycles. The quantitative estimate of drug-likeness (QED) is 0.495. The third kappa shape index (κ3) is 3.05. The Morgan fingerprint density at radius 3 is 2.89 bits per heavy atom. The highest BCUT2D eigenvalue weighted by Gasteiger charge is 2.19. The number of nitrogens with two attached hydrogens (primary N) is 1. The molecule has 0 amide bonds. The Morgan fingerprint density at radius 2 is 2.26 bits per heavy atom. The largest absolute Gasteiger partial charge is 0.340 e. The van der Waals surface area contributed by atoms with E-state index in [9.17, 15) is 8.42 Å². The van der Waals surface area contributed by atoms with Gasteiger partial charge in [0, 0.05) is 13.1 Å². The average molecular weight is 284 g/mol. The Hall–Kier alpha value is -2.04. The summed E-state index contributed by atoms with van der Waals surface area (Å²) in [7, 11) is -3.77. The van der Waals surface area contributed by atoms with Crippen LogP contribution in [0.4, 0.5) is 5.82 Å². The SMILES string of the molecule is Cc1nc(CNS(=O)(=O)c2cccnc2NN)no1. The van der Waals surface area contributed by atoms with Gasteiger partial charge in [-0.15, -0.1) is 0 Å². The van der Waals surface area contributed by atoms with Crippen molar-refractivity contribution in [2.45, 2.75) is 18.4 Å². The number of anilines is 1. The molecule has 2 aromatic heterocycles.